The lowest BCUT2D eigenvalue weighted by Gasteiger charge is -2.17. The number of hydrogen-bond donors (Lipinski definition) is 1. The summed E-state index contributed by atoms with van der Waals surface area (Å²) in [6.07, 6.45) is 0.921. The highest BCUT2D eigenvalue weighted by Gasteiger charge is 2.34. The summed E-state index contributed by atoms with van der Waals surface area (Å²) in [6.45, 7) is 2.93. The van der Waals surface area contributed by atoms with E-state index in [1.807, 2.05) is 49.4 Å². The van der Waals surface area contributed by atoms with Crippen LogP contribution in [0.4, 0.5) is 5.69 Å². The molecule has 1 heterocycles. The number of carbonyl (C=O) groups is 2. The van der Waals surface area contributed by atoms with Crippen molar-refractivity contribution in [3.63, 3.8) is 0 Å². The minimum absolute atomic E-state index is 0.0103. The normalized spacial score (nSPS) is 16.2. The molecule has 6 heteroatoms. The van der Waals surface area contributed by atoms with E-state index >= 15 is 0 Å². The summed E-state index contributed by atoms with van der Waals surface area (Å²) in [5, 5.41) is 2.95. The number of aryl methyl sites for hydroxylation is 1. The van der Waals surface area contributed by atoms with Crippen LogP contribution in [0.15, 0.2) is 42.5 Å². The number of amides is 2. The molecule has 0 saturated carbocycles. The van der Waals surface area contributed by atoms with E-state index in [2.05, 4.69) is 5.32 Å². The van der Waals surface area contributed by atoms with Gasteiger partial charge >= 0.3 is 0 Å². The number of anilines is 1. The Labute approximate surface area is 165 Å². The summed E-state index contributed by atoms with van der Waals surface area (Å²) in [7, 11) is 3.20. The molecule has 0 aromatic heterocycles. The number of nitrogens with zero attached hydrogens (tertiary/aromatic N) is 1. The van der Waals surface area contributed by atoms with Crippen LogP contribution in [-0.2, 0) is 16.0 Å². The number of hydrogen-bond acceptors (Lipinski definition) is 4. The summed E-state index contributed by atoms with van der Waals surface area (Å²) in [6, 6.07) is 13.5. The van der Waals surface area contributed by atoms with Gasteiger partial charge in [-0.2, -0.15) is 0 Å². The third kappa shape index (κ3) is 4.44. The summed E-state index contributed by atoms with van der Waals surface area (Å²) in [5.41, 5.74) is 3.03. The van der Waals surface area contributed by atoms with Crippen molar-refractivity contribution in [2.24, 2.45) is 5.92 Å². The molecule has 1 atom stereocenters. The number of methoxy groups -OCH3 is 2. The molecule has 2 aromatic carbocycles. The molecule has 148 valence electrons. The third-order valence-electron chi connectivity index (χ3n) is 5.00. The van der Waals surface area contributed by atoms with Crippen LogP contribution in [0.25, 0.3) is 0 Å². The fourth-order valence-electron chi connectivity index (χ4n) is 3.37. The van der Waals surface area contributed by atoms with Gasteiger partial charge in [-0.1, -0.05) is 23.8 Å². The summed E-state index contributed by atoms with van der Waals surface area (Å²) >= 11 is 0. The molecule has 1 saturated heterocycles. The van der Waals surface area contributed by atoms with Crippen molar-refractivity contribution in [3.05, 3.63) is 53.6 Å². The number of carbonyl (C=O) groups excluding carboxylic acids is 2. The van der Waals surface area contributed by atoms with E-state index < -0.39 is 0 Å². The molecular formula is C22H26N2O4. The molecule has 1 aliphatic heterocycles. The largest absolute Gasteiger partial charge is 0.493 e. The first-order valence-corrected chi connectivity index (χ1v) is 9.37. The highest BCUT2D eigenvalue weighted by molar-refractivity contribution is 6.00. The minimum atomic E-state index is -0.320. The van der Waals surface area contributed by atoms with Gasteiger partial charge in [-0.05, 0) is 43.2 Å². The molecule has 0 aliphatic carbocycles. The lowest BCUT2D eigenvalue weighted by atomic mass is 10.1. The van der Waals surface area contributed by atoms with Gasteiger partial charge in [0.15, 0.2) is 11.5 Å². The molecule has 3 rings (SSSR count). The van der Waals surface area contributed by atoms with E-state index in [4.69, 9.17) is 9.47 Å². The molecule has 1 aliphatic rings. The first-order chi connectivity index (χ1) is 13.5. The van der Waals surface area contributed by atoms with Crippen molar-refractivity contribution in [1.82, 2.24) is 5.32 Å². The highest BCUT2D eigenvalue weighted by Crippen LogP contribution is 2.28. The van der Waals surface area contributed by atoms with Crippen molar-refractivity contribution in [3.8, 4) is 11.5 Å². The van der Waals surface area contributed by atoms with E-state index in [0.717, 1.165) is 16.8 Å². The van der Waals surface area contributed by atoms with E-state index in [9.17, 15) is 9.59 Å². The van der Waals surface area contributed by atoms with E-state index in [0.29, 0.717) is 31.0 Å². The number of ether oxygens (including phenoxy) is 2. The molecule has 6 nitrogen and oxygen atoms in total. The second-order valence-corrected chi connectivity index (χ2v) is 6.97. The molecule has 1 N–H and O–H groups in total. The Morgan fingerprint density at radius 2 is 1.82 bits per heavy atom. The van der Waals surface area contributed by atoms with Crippen LogP contribution in [0.3, 0.4) is 0 Å². The van der Waals surface area contributed by atoms with Crippen molar-refractivity contribution < 1.29 is 19.1 Å². The lowest BCUT2D eigenvalue weighted by Crippen LogP contribution is -2.34. The fourth-order valence-corrected chi connectivity index (χ4v) is 3.37. The Balaban J connectivity index is 1.53. The van der Waals surface area contributed by atoms with Crippen LogP contribution in [0.2, 0.25) is 0 Å². The molecule has 28 heavy (non-hydrogen) atoms. The average Bonchev–Trinajstić information content (AvgIpc) is 3.10. The highest BCUT2D eigenvalue weighted by atomic mass is 16.5. The molecule has 2 amide bonds. The second-order valence-electron chi connectivity index (χ2n) is 6.97. The van der Waals surface area contributed by atoms with Gasteiger partial charge in [-0.25, -0.2) is 0 Å². The van der Waals surface area contributed by atoms with Gasteiger partial charge in [0.25, 0.3) is 0 Å². The lowest BCUT2D eigenvalue weighted by molar-refractivity contribution is -0.126. The van der Waals surface area contributed by atoms with Gasteiger partial charge in [-0.15, -0.1) is 0 Å². The van der Waals surface area contributed by atoms with Crippen molar-refractivity contribution in [2.45, 2.75) is 19.8 Å². The molecular weight excluding hydrogens is 356 g/mol. The Morgan fingerprint density at radius 1 is 1.11 bits per heavy atom. The first kappa shape index (κ1) is 19.7. The third-order valence-corrected chi connectivity index (χ3v) is 5.00. The maximum atomic E-state index is 12.5. The predicted octanol–water partition coefficient (Wildman–Crippen LogP) is 2.72. The van der Waals surface area contributed by atoms with Gasteiger partial charge in [0.2, 0.25) is 11.8 Å². The van der Waals surface area contributed by atoms with Crippen LogP contribution >= 0.6 is 0 Å². The molecule has 0 radical (unpaired) electrons. The zero-order valence-corrected chi connectivity index (χ0v) is 16.5. The molecule has 1 fully saturated rings. The maximum absolute atomic E-state index is 12.5. The van der Waals surface area contributed by atoms with Crippen molar-refractivity contribution in [2.75, 3.05) is 32.2 Å². The number of nitrogens with one attached hydrogen (secondary N) is 1. The van der Waals surface area contributed by atoms with E-state index in [1.165, 1.54) is 0 Å². The van der Waals surface area contributed by atoms with Crippen molar-refractivity contribution in [1.29, 1.82) is 0 Å². The van der Waals surface area contributed by atoms with Crippen molar-refractivity contribution >= 4 is 17.5 Å². The van der Waals surface area contributed by atoms with Gasteiger partial charge in [-0.3, -0.25) is 9.59 Å². The van der Waals surface area contributed by atoms with Crippen LogP contribution in [0.1, 0.15) is 17.5 Å². The Kier molecular flexibility index (Phi) is 6.19. The standard InChI is InChI=1S/C22H26N2O4/c1-15-4-7-18(8-5-15)24-14-17(13-21(24)25)22(26)23-11-10-16-6-9-19(27-2)20(12-16)28-3/h4-9,12,17H,10-11,13-14H2,1-3H3,(H,23,26)/t17-/m0/s1. The summed E-state index contributed by atoms with van der Waals surface area (Å²) < 4.78 is 10.5. The van der Waals surface area contributed by atoms with Crippen LogP contribution in [0, 0.1) is 12.8 Å². The smallest absolute Gasteiger partial charge is 0.227 e. The molecule has 0 spiro atoms. The zero-order valence-electron chi connectivity index (χ0n) is 16.5. The van der Waals surface area contributed by atoms with Gasteiger partial charge < -0.3 is 19.7 Å². The maximum Gasteiger partial charge on any atom is 0.227 e. The quantitative estimate of drug-likeness (QED) is 0.800. The minimum Gasteiger partial charge on any atom is -0.493 e. The average molecular weight is 382 g/mol. The Hall–Kier alpha value is -3.02. The van der Waals surface area contributed by atoms with Crippen LogP contribution in [-0.4, -0.2) is 39.1 Å². The van der Waals surface area contributed by atoms with Gasteiger partial charge in [0.1, 0.15) is 0 Å². The second kappa shape index (κ2) is 8.78. The molecule has 0 bridgehead atoms. The number of benzene rings is 2. The SMILES string of the molecule is COc1ccc(CCNC(=O)[C@H]2CC(=O)N(c3ccc(C)cc3)C2)cc1OC. The Morgan fingerprint density at radius 3 is 2.50 bits per heavy atom. The topological polar surface area (TPSA) is 67.9 Å². The monoisotopic (exact) mass is 382 g/mol. The van der Waals surface area contributed by atoms with Crippen LogP contribution < -0.4 is 19.7 Å². The fraction of sp³-hybridized carbons (Fsp3) is 0.364. The molecule has 2 aromatic rings. The Bertz CT molecular complexity index is 848. The van der Waals surface area contributed by atoms with Gasteiger partial charge in [0, 0.05) is 25.2 Å². The molecule has 0 unspecified atom stereocenters. The predicted molar refractivity (Wildman–Crippen MR) is 108 cm³/mol. The van der Waals surface area contributed by atoms with Gasteiger partial charge in [0.05, 0.1) is 20.1 Å². The zero-order chi connectivity index (χ0) is 20.1. The van der Waals surface area contributed by atoms with Crippen LogP contribution in [0.5, 0.6) is 11.5 Å². The summed E-state index contributed by atoms with van der Waals surface area (Å²) in [4.78, 5) is 26.5. The first-order valence-electron chi connectivity index (χ1n) is 9.37. The van der Waals surface area contributed by atoms with E-state index in [-0.39, 0.29) is 24.2 Å². The summed E-state index contributed by atoms with van der Waals surface area (Å²) in [5.74, 6) is 0.934. The number of rotatable bonds is 7. The van der Waals surface area contributed by atoms with E-state index in [1.54, 1.807) is 19.1 Å².